The summed E-state index contributed by atoms with van der Waals surface area (Å²) in [7, 11) is 0. The van der Waals surface area contributed by atoms with Gasteiger partial charge in [0.15, 0.2) is 0 Å². The van der Waals surface area contributed by atoms with Gasteiger partial charge in [0.2, 0.25) is 5.91 Å². The van der Waals surface area contributed by atoms with Crippen molar-refractivity contribution in [2.75, 3.05) is 6.61 Å². The van der Waals surface area contributed by atoms with Gasteiger partial charge in [0.1, 0.15) is 5.54 Å². The van der Waals surface area contributed by atoms with Crippen molar-refractivity contribution in [1.82, 2.24) is 5.32 Å². The van der Waals surface area contributed by atoms with Crippen LogP contribution in [0, 0.1) is 5.92 Å². The molecule has 0 spiro atoms. The van der Waals surface area contributed by atoms with Crippen molar-refractivity contribution < 1.29 is 24.2 Å². The molecule has 0 saturated heterocycles. The van der Waals surface area contributed by atoms with Crippen LogP contribution in [0.1, 0.15) is 52.4 Å². The van der Waals surface area contributed by atoms with Crippen molar-refractivity contribution in [1.29, 1.82) is 0 Å². The number of carboxylic acids is 1. The van der Waals surface area contributed by atoms with E-state index in [-0.39, 0.29) is 25.4 Å². The van der Waals surface area contributed by atoms with E-state index in [1.54, 1.807) is 6.92 Å². The number of carbonyl (C=O) groups is 3. The van der Waals surface area contributed by atoms with Crippen LogP contribution in [0.2, 0.25) is 0 Å². The van der Waals surface area contributed by atoms with Crippen molar-refractivity contribution >= 4 is 17.8 Å². The Labute approximate surface area is 118 Å². The number of esters is 1. The average molecular weight is 285 g/mol. The highest BCUT2D eigenvalue weighted by Gasteiger charge is 2.46. The van der Waals surface area contributed by atoms with Crippen LogP contribution in [0.4, 0.5) is 0 Å². The van der Waals surface area contributed by atoms with Crippen LogP contribution in [-0.4, -0.2) is 35.1 Å². The van der Waals surface area contributed by atoms with E-state index in [1.807, 2.05) is 6.92 Å². The zero-order chi connectivity index (χ0) is 15.2. The van der Waals surface area contributed by atoms with Gasteiger partial charge in [0.25, 0.3) is 0 Å². The molecule has 0 aliphatic heterocycles. The minimum absolute atomic E-state index is 0.0241. The lowest BCUT2D eigenvalue weighted by molar-refractivity contribution is -0.152. The summed E-state index contributed by atoms with van der Waals surface area (Å²) in [6, 6.07) is 0. The Hall–Kier alpha value is -1.59. The zero-order valence-corrected chi connectivity index (χ0v) is 12.1. The third-order valence-electron chi connectivity index (χ3n) is 3.91. The van der Waals surface area contributed by atoms with Gasteiger partial charge < -0.3 is 15.2 Å². The number of carboxylic acid groups (broad SMARTS) is 1. The van der Waals surface area contributed by atoms with Crippen molar-refractivity contribution in [2.45, 2.75) is 57.9 Å². The highest BCUT2D eigenvalue weighted by atomic mass is 16.5. The molecule has 1 fully saturated rings. The van der Waals surface area contributed by atoms with Crippen molar-refractivity contribution in [2.24, 2.45) is 5.92 Å². The average Bonchev–Trinajstić information content (AvgIpc) is 2.39. The Balaban J connectivity index is 2.60. The summed E-state index contributed by atoms with van der Waals surface area (Å²) < 4.78 is 4.74. The molecule has 2 N–H and O–H groups in total. The summed E-state index contributed by atoms with van der Waals surface area (Å²) >= 11 is 0. The fourth-order valence-corrected chi connectivity index (χ4v) is 2.66. The largest absolute Gasteiger partial charge is 0.479 e. The monoisotopic (exact) mass is 285 g/mol. The lowest BCUT2D eigenvalue weighted by Gasteiger charge is -2.39. The van der Waals surface area contributed by atoms with Crippen LogP contribution in [-0.2, 0) is 19.1 Å². The molecule has 0 bridgehead atoms. The van der Waals surface area contributed by atoms with E-state index in [9.17, 15) is 19.5 Å². The lowest BCUT2D eigenvalue weighted by atomic mass is 9.73. The molecule has 2 unspecified atom stereocenters. The van der Waals surface area contributed by atoms with Crippen LogP contribution in [0.15, 0.2) is 0 Å². The first-order valence-electron chi connectivity index (χ1n) is 7.12. The Bertz CT molecular complexity index is 382. The van der Waals surface area contributed by atoms with Crippen LogP contribution in [0.3, 0.4) is 0 Å². The van der Waals surface area contributed by atoms with Gasteiger partial charge in [0.05, 0.1) is 13.0 Å². The van der Waals surface area contributed by atoms with Gasteiger partial charge in [-0.2, -0.15) is 0 Å². The maximum absolute atomic E-state index is 11.9. The standard InChI is InChI=1S/C14H23NO5/c1-3-20-12(17)8-7-11(16)15-14(13(18)19)9-5-4-6-10(14)2/h10H,3-9H2,1-2H3,(H,15,16)(H,18,19). The smallest absolute Gasteiger partial charge is 0.329 e. The quantitative estimate of drug-likeness (QED) is 0.721. The molecule has 1 aliphatic rings. The second kappa shape index (κ2) is 7.26. The number of hydrogen-bond acceptors (Lipinski definition) is 4. The number of nitrogens with one attached hydrogen (secondary N) is 1. The normalized spacial score (nSPS) is 25.8. The Morgan fingerprint density at radius 1 is 1.30 bits per heavy atom. The highest BCUT2D eigenvalue weighted by molar-refractivity contribution is 5.88. The van der Waals surface area contributed by atoms with E-state index in [0.29, 0.717) is 6.42 Å². The molecule has 0 radical (unpaired) electrons. The van der Waals surface area contributed by atoms with E-state index in [4.69, 9.17) is 4.74 Å². The van der Waals surface area contributed by atoms with Crippen LogP contribution < -0.4 is 5.32 Å². The molecule has 1 amide bonds. The predicted octanol–water partition coefficient (Wildman–Crippen LogP) is 1.48. The molecular formula is C14H23NO5. The second-order valence-corrected chi connectivity index (χ2v) is 5.28. The van der Waals surface area contributed by atoms with Crippen LogP contribution >= 0.6 is 0 Å². The molecule has 6 heteroatoms. The summed E-state index contributed by atoms with van der Waals surface area (Å²) in [5, 5.41) is 12.1. The second-order valence-electron chi connectivity index (χ2n) is 5.28. The lowest BCUT2D eigenvalue weighted by Crippen LogP contribution is -2.60. The van der Waals surface area contributed by atoms with Gasteiger partial charge >= 0.3 is 11.9 Å². The Morgan fingerprint density at radius 2 is 2.00 bits per heavy atom. The van der Waals surface area contributed by atoms with E-state index in [2.05, 4.69) is 5.32 Å². The first-order chi connectivity index (χ1) is 9.42. The zero-order valence-electron chi connectivity index (χ0n) is 12.1. The predicted molar refractivity (Wildman–Crippen MR) is 72.0 cm³/mol. The van der Waals surface area contributed by atoms with Gasteiger partial charge in [-0.15, -0.1) is 0 Å². The molecule has 1 rings (SSSR count). The number of amides is 1. The molecule has 2 atom stereocenters. The third kappa shape index (κ3) is 3.95. The summed E-state index contributed by atoms with van der Waals surface area (Å²) in [6.45, 7) is 3.82. The molecule has 0 aromatic rings. The molecule has 0 aromatic heterocycles. The molecule has 1 aliphatic carbocycles. The number of rotatable bonds is 6. The Kier molecular flexibility index (Phi) is 5.98. The summed E-state index contributed by atoms with van der Waals surface area (Å²) in [4.78, 5) is 34.6. The summed E-state index contributed by atoms with van der Waals surface area (Å²) in [5.41, 5.74) is -1.19. The summed E-state index contributed by atoms with van der Waals surface area (Å²) in [5.74, 6) is -1.95. The van der Waals surface area contributed by atoms with Gasteiger partial charge in [-0.25, -0.2) is 4.79 Å². The molecule has 1 saturated carbocycles. The SMILES string of the molecule is CCOC(=O)CCC(=O)NC1(C(=O)O)CCCCC1C. The molecule has 20 heavy (non-hydrogen) atoms. The van der Waals surface area contributed by atoms with Gasteiger partial charge in [-0.3, -0.25) is 9.59 Å². The first kappa shape index (κ1) is 16.5. The van der Waals surface area contributed by atoms with Crippen molar-refractivity contribution in [3.05, 3.63) is 0 Å². The molecule has 0 aromatic carbocycles. The number of carbonyl (C=O) groups excluding carboxylic acids is 2. The van der Waals surface area contributed by atoms with E-state index < -0.39 is 23.4 Å². The molecule has 0 heterocycles. The fraction of sp³-hybridized carbons (Fsp3) is 0.786. The van der Waals surface area contributed by atoms with Crippen molar-refractivity contribution in [3.8, 4) is 0 Å². The van der Waals surface area contributed by atoms with E-state index in [0.717, 1.165) is 19.3 Å². The maximum atomic E-state index is 11.9. The van der Waals surface area contributed by atoms with Crippen LogP contribution in [0.5, 0.6) is 0 Å². The fourth-order valence-electron chi connectivity index (χ4n) is 2.66. The minimum Gasteiger partial charge on any atom is -0.479 e. The minimum atomic E-state index is -1.19. The van der Waals surface area contributed by atoms with Gasteiger partial charge in [-0.1, -0.05) is 19.8 Å². The number of hydrogen-bond donors (Lipinski definition) is 2. The van der Waals surface area contributed by atoms with E-state index >= 15 is 0 Å². The van der Waals surface area contributed by atoms with Gasteiger partial charge in [0, 0.05) is 6.42 Å². The molecular weight excluding hydrogens is 262 g/mol. The third-order valence-corrected chi connectivity index (χ3v) is 3.91. The van der Waals surface area contributed by atoms with Crippen LogP contribution in [0.25, 0.3) is 0 Å². The highest BCUT2D eigenvalue weighted by Crippen LogP contribution is 2.34. The topological polar surface area (TPSA) is 92.7 Å². The molecule has 6 nitrogen and oxygen atoms in total. The number of aliphatic carboxylic acids is 1. The molecule has 114 valence electrons. The van der Waals surface area contributed by atoms with Gasteiger partial charge in [-0.05, 0) is 25.7 Å². The van der Waals surface area contributed by atoms with Crippen molar-refractivity contribution in [3.63, 3.8) is 0 Å². The first-order valence-corrected chi connectivity index (χ1v) is 7.12. The summed E-state index contributed by atoms with van der Waals surface area (Å²) in [6.07, 6.45) is 2.92. The van der Waals surface area contributed by atoms with E-state index in [1.165, 1.54) is 0 Å². The Morgan fingerprint density at radius 3 is 2.55 bits per heavy atom. The number of ether oxygens (including phenoxy) is 1. The maximum Gasteiger partial charge on any atom is 0.329 e.